The third-order valence-electron chi connectivity index (χ3n) is 2.21. The zero-order valence-corrected chi connectivity index (χ0v) is 11.7. The third-order valence-corrected chi connectivity index (χ3v) is 3.45. The molecule has 0 aliphatic rings. The Morgan fingerprint density at radius 2 is 2.16 bits per heavy atom. The highest BCUT2D eigenvalue weighted by atomic mass is 35.5. The number of anilines is 1. The number of nitrogens with one attached hydrogen (secondary N) is 1. The molecule has 9 heteroatoms. The van der Waals surface area contributed by atoms with Gasteiger partial charge in [-0.15, -0.1) is 0 Å². The first-order chi connectivity index (χ1) is 8.75. The van der Waals surface area contributed by atoms with Crippen LogP contribution in [-0.4, -0.2) is 34.1 Å². The molecule has 0 aromatic heterocycles. The number of methoxy groups -OCH3 is 1. The van der Waals surface area contributed by atoms with Crippen molar-refractivity contribution in [2.24, 2.45) is 10.9 Å². The molecule has 0 aliphatic carbocycles. The van der Waals surface area contributed by atoms with Crippen LogP contribution in [0, 0.1) is 0 Å². The van der Waals surface area contributed by atoms with Crippen LogP contribution in [0.5, 0.6) is 0 Å². The lowest BCUT2D eigenvalue weighted by atomic mass is 10.2. The van der Waals surface area contributed by atoms with Gasteiger partial charge in [0.2, 0.25) is 15.9 Å². The Balaban J connectivity index is 2.98. The number of rotatable bonds is 5. The number of sulfonamides is 1. The highest BCUT2D eigenvalue weighted by molar-refractivity contribution is 7.89. The number of nitrogens with two attached hydrogens (primary N) is 2. The van der Waals surface area contributed by atoms with Gasteiger partial charge in [0.1, 0.15) is 6.04 Å². The molecule has 0 heterocycles. The molecule has 1 aromatic rings. The normalized spacial score (nSPS) is 13.1. The standard InChI is InChI=1S/C10H14ClN3O4S/c1-18-5-8(12)10(15)14-9-4-6(19(13,16)17)2-3-7(9)11/h2-4,8H,5,12H2,1H3,(H,14,15)(H2,13,16,17). The topological polar surface area (TPSA) is 125 Å². The quantitative estimate of drug-likeness (QED) is 0.700. The summed E-state index contributed by atoms with van der Waals surface area (Å²) in [5.41, 5.74) is 5.64. The Morgan fingerprint density at radius 3 is 2.68 bits per heavy atom. The van der Waals surface area contributed by atoms with E-state index >= 15 is 0 Å². The smallest absolute Gasteiger partial charge is 0.243 e. The number of amides is 1. The van der Waals surface area contributed by atoms with Crippen LogP contribution in [0.15, 0.2) is 23.1 Å². The molecule has 1 atom stereocenters. The number of hydrogen-bond acceptors (Lipinski definition) is 5. The summed E-state index contributed by atoms with van der Waals surface area (Å²) in [6, 6.07) is 2.83. The summed E-state index contributed by atoms with van der Waals surface area (Å²) in [5.74, 6) is -0.546. The lowest BCUT2D eigenvalue weighted by Gasteiger charge is -2.13. The number of halogens is 1. The van der Waals surface area contributed by atoms with Gasteiger partial charge in [-0.25, -0.2) is 13.6 Å². The van der Waals surface area contributed by atoms with Crippen molar-refractivity contribution in [2.75, 3.05) is 19.0 Å². The van der Waals surface area contributed by atoms with Gasteiger partial charge < -0.3 is 15.8 Å². The van der Waals surface area contributed by atoms with Gasteiger partial charge in [0, 0.05) is 7.11 Å². The molecule has 0 radical (unpaired) electrons. The molecule has 1 aromatic carbocycles. The van der Waals surface area contributed by atoms with E-state index in [-0.39, 0.29) is 22.2 Å². The fourth-order valence-corrected chi connectivity index (χ4v) is 1.96. The van der Waals surface area contributed by atoms with Crippen LogP contribution < -0.4 is 16.2 Å². The minimum atomic E-state index is -3.87. The molecule has 0 aliphatic heterocycles. The van der Waals surface area contributed by atoms with Crippen LogP contribution in [0.4, 0.5) is 5.69 Å². The molecule has 7 nitrogen and oxygen atoms in total. The predicted octanol–water partition coefficient (Wildman–Crippen LogP) is -0.100. The molecule has 19 heavy (non-hydrogen) atoms. The molecule has 1 amide bonds. The van der Waals surface area contributed by atoms with E-state index in [1.807, 2.05) is 0 Å². The van der Waals surface area contributed by atoms with Gasteiger partial charge in [0.15, 0.2) is 0 Å². The minimum Gasteiger partial charge on any atom is -0.383 e. The Kier molecular flexibility index (Phi) is 5.27. The van der Waals surface area contributed by atoms with Gasteiger partial charge in [0.25, 0.3) is 0 Å². The van der Waals surface area contributed by atoms with Crippen molar-refractivity contribution in [3.63, 3.8) is 0 Å². The average Bonchev–Trinajstić information content (AvgIpc) is 2.30. The van der Waals surface area contributed by atoms with Crippen molar-refractivity contribution < 1.29 is 17.9 Å². The summed E-state index contributed by atoms with van der Waals surface area (Å²) < 4.78 is 27.1. The van der Waals surface area contributed by atoms with Crippen molar-refractivity contribution >= 4 is 33.2 Å². The molecule has 0 spiro atoms. The van der Waals surface area contributed by atoms with Crippen LogP contribution >= 0.6 is 11.6 Å². The first-order valence-electron chi connectivity index (χ1n) is 5.13. The number of carbonyl (C=O) groups excluding carboxylic acids is 1. The molecular formula is C10H14ClN3O4S. The number of benzene rings is 1. The highest BCUT2D eigenvalue weighted by Gasteiger charge is 2.16. The average molecular weight is 308 g/mol. The lowest BCUT2D eigenvalue weighted by Crippen LogP contribution is -2.39. The summed E-state index contributed by atoms with van der Waals surface area (Å²) >= 11 is 5.85. The van der Waals surface area contributed by atoms with E-state index in [1.54, 1.807) is 0 Å². The van der Waals surface area contributed by atoms with Gasteiger partial charge in [-0.05, 0) is 18.2 Å². The van der Waals surface area contributed by atoms with Crippen LogP contribution in [0.25, 0.3) is 0 Å². The number of hydrogen-bond donors (Lipinski definition) is 3. The van der Waals surface area contributed by atoms with Gasteiger partial charge in [-0.1, -0.05) is 11.6 Å². The zero-order chi connectivity index (χ0) is 14.6. The van der Waals surface area contributed by atoms with E-state index in [4.69, 9.17) is 27.2 Å². The summed E-state index contributed by atoms with van der Waals surface area (Å²) in [4.78, 5) is 11.5. The Morgan fingerprint density at radius 1 is 1.53 bits per heavy atom. The summed E-state index contributed by atoms with van der Waals surface area (Å²) in [5, 5.41) is 7.57. The van der Waals surface area contributed by atoms with E-state index in [0.717, 1.165) is 6.07 Å². The van der Waals surface area contributed by atoms with Gasteiger partial charge >= 0.3 is 0 Å². The van der Waals surface area contributed by atoms with Gasteiger partial charge in [-0.3, -0.25) is 4.79 Å². The fourth-order valence-electron chi connectivity index (χ4n) is 1.26. The molecule has 0 fully saturated rings. The van der Waals surface area contributed by atoms with Crippen molar-refractivity contribution in [2.45, 2.75) is 10.9 Å². The Hall–Kier alpha value is -1.19. The number of carbonyl (C=O) groups is 1. The van der Waals surface area contributed by atoms with Crippen molar-refractivity contribution in [1.29, 1.82) is 0 Å². The molecular weight excluding hydrogens is 294 g/mol. The number of ether oxygens (including phenoxy) is 1. The second-order valence-electron chi connectivity index (χ2n) is 3.74. The first kappa shape index (κ1) is 15.9. The molecule has 5 N–H and O–H groups in total. The van der Waals surface area contributed by atoms with Gasteiger partial charge in [0.05, 0.1) is 22.2 Å². The second-order valence-corrected chi connectivity index (χ2v) is 5.71. The maximum atomic E-state index is 11.7. The van der Waals surface area contributed by atoms with Crippen molar-refractivity contribution in [3.8, 4) is 0 Å². The maximum absolute atomic E-state index is 11.7. The van der Waals surface area contributed by atoms with Gasteiger partial charge in [-0.2, -0.15) is 0 Å². The third kappa shape index (κ3) is 4.44. The fraction of sp³-hybridized carbons (Fsp3) is 0.300. The maximum Gasteiger partial charge on any atom is 0.243 e. The van der Waals surface area contributed by atoms with Crippen molar-refractivity contribution in [3.05, 3.63) is 23.2 Å². The predicted molar refractivity (Wildman–Crippen MR) is 71.3 cm³/mol. The lowest BCUT2D eigenvalue weighted by molar-refractivity contribution is -0.118. The monoisotopic (exact) mass is 307 g/mol. The van der Waals surface area contributed by atoms with E-state index in [2.05, 4.69) is 5.32 Å². The first-order valence-corrected chi connectivity index (χ1v) is 7.06. The molecule has 0 saturated heterocycles. The molecule has 1 unspecified atom stereocenters. The van der Waals surface area contributed by atoms with E-state index in [9.17, 15) is 13.2 Å². The SMILES string of the molecule is COCC(N)C(=O)Nc1cc(S(N)(=O)=O)ccc1Cl. The Labute approximate surface area is 115 Å². The number of primary sulfonamides is 1. The zero-order valence-electron chi connectivity index (χ0n) is 10.1. The Bertz CT molecular complexity index is 576. The van der Waals surface area contributed by atoms with Crippen LogP contribution in [0.3, 0.4) is 0 Å². The van der Waals surface area contributed by atoms with Crippen LogP contribution in [-0.2, 0) is 19.6 Å². The summed E-state index contributed by atoms with van der Waals surface area (Å²) in [7, 11) is -2.47. The van der Waals surface area contributed by atoms with Crippen LogP contribution in [0.1, 0.15) is 0 Å². The minimum absolute atomic E-state index is 0.0261. The largest absolute Gasteiger partial charge is 0.383 e. The van der Waals surface area contributed by atoms with E-state index in [0.29, 0.717) is 0 Å². The molecule has 0 saturated carbocycles. The highest BCUT2D eigenvalue weighted by Crippen LogP contribution is 2.24. The molecule has 1 rings (SSSR count). The van der Waals surface area contributed by atoms with E-state index in [1.165, 1.54) is 19.2 Å². The summed E-state index contributed by atoms with van der Waals surface area (Å²) in [6.07, 6.45) is 0. The molecule has 106 valence electrons. The van der Waals surface area contributed by atoms with Crippen molar-refractivity contribution in [1.82, 2.24) is 0 Å². The van der Waals surface area contributed by atoms with Crippen LogP contribution in [0.2, 0.25) is 5.02 Å². The van der Waals surface area contributed by atoms with E-state index < -0.39 is 22.0 Å². The molecule has 0 bridgehead atoms. The second kappa shape index (κ2) is 6.31. The summed E-state index contributed by atoms with van der Waals surface area (Å²) in [6.45, 7) is 0.0261.